The first-order chi connectivity index (χ1) is 11.0. The van der Waals surface area contributed by atoms with Crippen LogP contribution < -0.4 is 0 Å². The summed E-state index contributed by atoms with van der Waals surface area (Å²) in [5.41, 5.74) is 0.928. The Hall–Kier alpha value is -2.48. The third kappa shape index (κ3) is 2.17. The molecule has 0 aromatic carbocycles. The van der Waals surface area contributed by atoms with Gasteiger partial charge >= 0.3 is 0 Å². The highest BCUT2D eigenvalue weighted by Crippen LogP contribution is 2.25. The fourth-order valence-corrected chi connectivity index (χ4v) is 3.05. The first kappa shape index (κ1) is 14.1. The largest absolute Gasteiger partial charge is 0.325 e. The van der Waals surface area contributed by atoms with Gasteiger partial charge in [-0.1, -0.05) is 11.6 Å². The van der Waals surface area contributed by atoms with Crippen LogP contribution in [0.5, 0.6) is 0 Å². The van der Waals surface area contributed by atoms with E-state index in [1.54, 1.807) is 17.2 Å². The van der Waals surface area contributed by atoms with Crippen LogP contribution in [0, 0.1) is 6.92 Å². The Balaban J connectivity index is 1.68. The molecule has 0 bridgehead atoms. The molecule has 0 saturated carbocycles. The van der Waals surface area contributed by atoms with E-state index >= 15 is 0 Å². The summed E-state index contributed by atoms with van der Waals surface area (Å²) in [5, 5.41) is 13.0. The molecule has 1 atom stereocenters. The number of rotatable bonds is 1. The second-order valence-electron chi connectivity index (χ2n) is 5.54. The minimum atomic E-state index is -0.154. The van der Waals surface area contributed by atoms with Crippen LogP contribution in [0.25, 0.3) is 5.65 Å². The van der Waals surface area contributed by atoms with Crippen LogP contribution in [-0.4, -0.2) is 46.7 Å². The Labute approximate surface area is 136 Å². The molecule has 1 aliphatic rings. The molecule has 8 nitrogen and oxygen atoms in total. The highest BCUT2D eigenvalue weighted by Gasteiger charge is 2.32. The van der Waals surface area contributed by atoms with Gasteiger partial charge in [0, 0.05) is 25.4 Å². The number of amides is 1. The molecule has 0 radical (unpaired) electrons. The Bertz CT molecular complexity index is 915. The highest BCUT2D eigenvalue weighted by atomic mass is 35.5. The van der Waals surface area contributed by atoms with Crippen molar-refractivity contribution in [1.29, 1.82) is 0 Å². The van der Waals surface area contributed by atoms with Crippen molar-refractivity contribution in [2.45, 2.75) is 26.4 Å². The zero-order chi connectivity index (χ0) is 16.1. The summed E-state index contributed by atoms with van der Waals surface area (Å²) in [6.07, 6.45) is 3.15. The standard InChI is InChI=1S/C14H14ClN7O/c1-8-13-18-17-9(2)21(13)4-3-20(8)14(23)11-5-12-16-6-10(15)7-22(12)19-11/h5-8H,3-4H2,1-2H3. The van der Waals surface area contributed by atoms with E-state index in [1.165, 1.54) is 10.7 Å². The topological polar surface area (TPSA) is 81.2 Å². The number of aryl methyl sites for hydroxylation is 1. The van der Waals surface area contributed by atoms with E-state index in [4.69, 9.17) is 11.6 Å². The summed E-state index contributed by atoms with van der Waals surface area (Å²) in [6, 6.07) is 1.51. The number of carbonyl (C=O) groups excluding carboxylic acids is 1. The predicted octanol–water partition coefficient (Wildman–Crippen LogP) is 1.50. The fraction of sp³-hybridized carbons (Fsp3) is 0.357. The summed E-state index contributed by atoms with van der Waals surface area (Å²) in [6.45, 7) is 5.13. The Kier molecular flexibility index (Phi) is 3.08. The Morgan fingerprint density at radius 2 is 2.17 bits per heavy atom. The first-order valence-electron chi connectivity index (χ1n) is 7.26. The molecule has 1 aliphatic heterocycles. The molecule has 23 heavy (non-hydrogen) atoms. The van der Waals surface area contributed by atoms with Crippen molar-refractivity contribution in [3.8, 4) is 0 Å². The number of hydrogen-bond donors (Lipinski definition) is 0. The molecule has 1 unspecified atom stereocenters. The lowest BCUT2D eigenvalue weighted by Crippen LogP contribution is -2.41. The van der Waals surface area contributed by atoms with Gasteiger partial charge < -0.3 is 9.47 Å². The molecule has 0 N–H and O–H groups in total. The average Bonchev–Trinajstić information content (AvgIpc) is 3.11. The van der Waals surface area contributed by atoms with Crippen molar-refractivity contribution in [2.24, 2.45) is 0 Å². The summed E-state index contributed by atoms with van der Waals surface area (Å²) < 4.78 is 3.55. The lowest BCUT2D eigenvalue weighted by Gasteiger charge is -2.33. The summed E-state index contributed by atoms with van der Waals surface area (Å²) in [5.74, 6) is 1.52. The number of nitrogens with zero attached hydrogens (tertiary/aromatic N) is 7. The third-order valence-electron chi connectivity index (χ3n) is 4.13. The highest BCUT2D eigenvalue weighted by molar-refractivity contribution is 6.30. The van der Waals surface area contributed by atoms with Crippen LogP contribution in [-0.2, 0) is 6.54 Å². The molecule has 4 heterocycles. The van der Waals surface area contributed by atoms with Gasteiger partial charge in [-0.2, -0.15) is 5.10 Å². The third-order valence-corrected chi connectivity index (χ3v) is 4.33. The van der Waals surface area contributed by atoms with Crippen LogP contribution in [0.2, 0.25) is 5.02 Å². The van der Waals surface area contributed by atoms with Gasteiger partial charge in [-0.15, -0.1) is 10.2 Å². The van der Waals surface area contributed by atoms with Crippen molar-refractivity contribution < 1.29 is 4.79 Å². The quantitative estimate of drug-likeness (QED) is 0.675. The van der Waals surface area contributed by atoms with Crippen molar-refractivity contribution in [3.63, 3.8) is 0 Å². The maximum atomic E-state index is 12.8. The molecule has 0 saturated heterocycles. The summed E-state index contributed by atoms with van der Waals surface area (Å²) >= 11 is 5.90. The van der Waals surface area contributed by atoms with Crippen molar-refractivity contribution in [1.82, 2.24) is 34.3 Å². The monoisotopic (exact) mass is 331 g/mol. The van der Waals surface area contributed by atoms with E-state index < -0.39 is 0 Å². The van der Waals surface area contributed by atoms with Gasteiger partial charge in [0.05, 0.1) is 17.3 Å². The van der Waals surface area contributed by atoms with Gasteiger partial charge in [-0.25, -0.2) is 9.50 Å². The maximum Gasteiger partial charge on any atom is 0.275 e. The maximum absolute atomic E-state index is 12.8. The molecule has 118 valence electrons. The molecule has 0 aliphatic carbocycles. The molecule has 0 fully saturated rings. The van der Waals surface area contributed by atoms with Crippen LogP contribution >= 0.6 is 11.6 Å². The molecule has 9 heteroatoms. The fourth-order valence-electron chi connectivity index (χ4n) is 2.91. The zero-order valence-electron chi connectivity index (χ0n) is 12.6. The van der Waals surface area contributed by atoms with Crippen molar-refractivity contribution in [3.05, 3.63) is 40.8 Å². The Morgan fingerprint density at radius 1 is 1.35 bits per heavy atom. The normalized spacial score (nSPS) is 17.5. The van der Waals surface area contributed by atoms with Crippen LogP contribution in [0.15, 0.2) is 18.5 Å². The molecule has 1 amide bonds. The second-order valence-corrected chi connectivity index (χ2v) is 5.97. The van der Waals surface area contributed by atoms with E-state index in [0.717, 1.165) is 11.6 Å². The van der Waals surface area contributed by atoms with Gasteiger partial charge in [0.2, 0.25) is 0 Å². The molecular formula is C14H14ClN7O. The molecular weight excluding hydrogens is 318 g/mol. The molecule has 0 spiro atoms. The number of halogens is 1. The summed E-state index contributed by atoms with van der Waals surface area (Å²) in [4.78, 5) is 18.7. The zero-order valence-corrected chi connectivity index (χ0v) is 13.4. The first-order valence-corrected chi connectivity index (χ1v) is 7.64. The van der Waals surface area contributed by atoms with Gasteiger partial charge in [-0.3, -0.25) is 4.79 Å². The number of hydrogen-bond acceptors (Lipinski definition) is 5. The SMILES string of the molecule is Cc1nnc2n1CCN(C(=O)c1cc3ncc(Cl)cn3n1)C2C. The Morgan fingerprint density at radius 3 is 3.00 bits per heavy atom. The molecule has 4 rings (SSSR count). The second kappa shape index (κ2) is 5.02. The van der Waals surface area contributed by atoms with Crippen LogP contribution in [0.1, 0.15) is 35.1 Å². The van der Waals surface area contributed by atoms with Crippen LogP contribution in [0.4, 0.5) is 0 Å². The minimum Gasteiger partial charge on any atom is -0.325 e. The van der Waals surface area contributed by atoms with Crippen molar-refractivity contribution in [2.75, 3.05) is 6.54 Å². The number of fused-ring (bicyclic) bond motifs is 2. The molecule has 3 aromatic heterocycles. The number of carbonyl (C=O) groups is 1. The van der Waals surface area contributed by atoms with E-state index in [-0.39, 0.29) is 11.9 Å². The lowest BCUT2D eigenvalue weighted by molar-refractivity contribution is 0.0630. The lowest BCUT2D eigenvalue weighted by atomic mass is 10.2. The molecule has 3 aromatic rings. The van der Waals surface area contributed by atoms with Gasteiger partial charge in [0.1, 0.15) is 5.82 Å². The van der Waals surface area contributed by atoms with E-state index in [0.29, 0.717) is 29.5 Å². The summed E-state index contributed by atoms with van der Waals surface area (Å²) in [7, 11) is 0. The smallest absolute Gasteiger partial charge is 0.275 e. The van der Waals surface area contributed by atoms with E-state index in [2.05, 4.69) is 20.3 Å². The van der Waals surface area contributed by atoms with Gasteiger partial charge in [-0.05, 0) is 13.8 Å². The minimum absolute atomic E-state index is 0.147. The van der Waals surface area contributed by atoms with E-state index in [9.17, 15) is 4.79 Å². The predicted molar refractivity (Wildman–Crippen MR) is 82.2 cm³/mol. The number of aromatic nitrogens is 6. The van der Waals surface area contributed by atoms with Crippen molar-refractivity contribution >= 4 is 23.2 Å². The van der Waals surface area contributed by atoms with E-state index in [1.807, 2.05) is 18.4 Å². The van der Waals surface area contributed by atoms with Gasteiger partial charge in [0.15, 0.2) is 17.2 Å². The van der Waals surface area contributed by atoms with Gasteiger partial charge in [0.25, 0.3) is 5.91 Å². The van der Waals surface area contributed by atoms with Crippen LogP contribution in [0.3, 0.4) is 0 Å². The average molecular weight is 332 g/mol.